The SMILES string of the molecule is CCC(COC(=O)CCCCCCO)(COC(=O)CCCCCOCc1ccc(C2(C(F)(F)F)NN2)cc1)COC(=O)CCCCCOCc1ccc(C2(C(F)(F)F)NN2)cc1. The molecule has 0 spiro atoms. The van der Waals surface area contributed by atoms with Crippen LogP contribution in [-0.4, -0.2) is 75.0 Å². The monoisotopic (exact) mass is 890 g/mol. The summed E-state index contributed by atoms with van der Waals surface area (Å²) < 4.78 is 108. The van der Waals surface area contributed by atoms with Gasteiger partial charge >= 0.3 is 30.3 Å². The van der Waals surface area contributed by atoms with Crippen LogP contribution in [0.3, 0.4) is 0 Å². The lowest BCUT2D eigenvalue weighted by Gasteiger charge is -2.31. The number of esters is 3. The van der Waals surface area contributed by atoms with Gasteiger partial charge in [-0.15, -0.1) is 0 Å². The summed E-state index contributed by atoms with van der Waals surface area (Å²) in [6.07, 6.45) is -1.64. The van der Waals surface area contributed by atoms with Gasteiger partial charge in [0.25, 0.3) is 0 Å². The van der Waals surface area contributed by atoms with Crippen molar-refractivity contribution in [3.05, 3.63) is 70.8 Å². The van der Waals surface area contributed by atoms with Gasteiger partial charge in [-0.25, -0.2) is 21.7 Å². The quantitative estimate of drug-likeness (QED) is 0.0168. The van der Waals surface area contributed by atoms with Crippen molar-refractivity contribution in [2.45, 2.75) is 134 Å². The molecule has 0 amide bonds. The number of aliphatic hydroxyl groups is 1. The van der Waals surface area contributed by atoms with E-state index >= 15 is 0 Å². The van der Waals surface area contributed by atoms with E-state index in [0.29, 0.717) is 71.0 Å². The van der Waals surface area contributed by atoms with Gasteiger partial charge in [0.05, 0.1) is 18.6 Å². The van der Waals surface area contributed by atoms with Gasteiger partial charge in [0, 0.05) is 39.1 Å². The minimum Gasteiger partial charge on any atom is -0.465 e. The summed E-state index contributed by atoms with van der Waals surface area (Å²) in [5.74, 6) is -1.33. The van der Waals surface area contributed by atoms with Crippen molar-refractivity contribution in [1.82, 2.24) is 21.7 Å². The molecule has 5 N–H and O–H groups in total. The summed E-state index contributed by atoms with van der Waals surface area (Å²) in [6.45, 7) is 2.78. The van der Waals surface area contributed by atoms with Gasteiger partial charge in [-0.2, -0.15) is 26.3 Å². The average Bonchev–Trinajstić information content (AvgIpc) is 4.18. The van der Waals surface area contributed by atoms with Crippen molar-refractivity contribution in [2.75, 3.05) is 39.6 Å². The fraction of sp³-hybridized carbons (Fsp3) is 0.651. The number of unbranched alkanes of at least 4 members (excludes halogenated alkanes) is 7. The number of hydrazine groups is 2. The van der Waals surface area contributed by atoms with E-state index in [1.54, 1.807) is 24.3 Å². The van der Waals surface area contributed by atoms with Crippen LogP contribution in [0.2, 0.25) is 0 Å². The van der Waals surface area contributed by atoms with E-state index in [-0.39, 0.29) is 70.0 Å². The maximum Gasteiger partial charge on any atom is 0.426 e. The molecule has 2 aliphatic rings. The van der Waals surface area contributed by atoms with Crippen molar-refractivity contribution in [3.63, 3.8) is 0 Å². The number of hydrogen-bond acceptors (Lipinski definition) is 13. The van der Waals surface area contributed by atoms with Crippen LogP contribution < -0.4 is 21.7 Å². The zero-order chi connectivity index (χ0) is 45.1. The number of carbonyl (C=O) groups excluding carboxylic acids is 3. The minimum atomic E-state index is -4.48. The van der Waals surface area contributed by atoms with Gasteiger partial charge in [-0.05, 0) is 67.2 Å². The number of nitrogens with one attached hydrogen (secondary N) is 4. The predicted molar refractivity (Wildman–Crippen MR) is 213 cm³/mol. The van der Waals surface area contributed by atoms with Crippen molar-refractivity contribution in [2.24, 2.45) is 5.41 Å². The van der Waals surface area contributed by atoms with E-state index in [1.807, 2.05) is 6.92 Å². The van der Waals surface area contributed by atoms with Crippen LogP contribution in [0.25, 0.3) is 0 Å². The zero-order valence-electron chi connectivity index (χ0n) is 35.2. The van der Waals surface area contributed by atoms with Crippen molar-refractivity contribution < 1.29 is 69.5 Å². The predicted octanol–water partition coefficient (Wildman–Crippen LogP) is 7.16. The lowest BCUT2D eigenvalue weighted by Crippen LogP contribution is -2.39. The average molecular weight is 891 g/mol. The van der Waals surface area contributed by atoms with Crippen molar-refractivity contribution in [1.29, 1.82) is 0 Å². The molecular formula is C43H60F6N4O9. The molecule has 2 aromatic rings. The van der Waals surface area contributed by atoms with E-state index in [1.165, 1.54) is 24.3 Å². The molecule has 0 unspecified atom stereocenters. The number of rotatable bonds is 31. The molecule has 0 aromatic heterocycles. The number of benzene rings is 2. The van der Waals surface area contributed by atoms with E-state index in [4.69, 9.17) is 28.8 Å². The lowest BCUT2D eigenvalue weighted by atomic mass is 9.88. The van der Waals surface area contributed by atoms with E-state index in [0.717, 1.165) is 24.0 Å². The first-order valence-electron chi connectivity index (χ1n) is 21.2. The fourth-order valence-electron chi connectivity index (χ4n) is 6.49. The largest absolute Gasteiger partial charge is 0.465 e. The van der Waals surface area contributed by atoms with Crippen molar-refractivity contribution >= 4 is 17.9 Å². The van der Waals surface area contributed by atoms with E-state index < -0.39 is 47.0 Å². The van der Waals surface area contributed by atoms with Gasteiger partial charge in [0.15, 0.2) is 0 Å². The number of ether oxygens (including phenoxy) is 5. The van der Waals surface area contributed by atoms with Crippen LogP contribution in [0.15, 0.2) is 48.5 Å². The third kappa shape index (κ3) is 15.7. The maximum absolute atomic E-state index is 13.3. The van der Waals surface area contributed by atoms with Gasteiger partial charge in [0.2, 0.25) is 11.3 Å². The molecule has 0 radical (unpaired) electrons. The molecular weight excluding hydrogens is 830 g/mol. The molecule has 2 saturated heterocycles. The molecule has 348 valence electrons. The number of alkyl halides is 6. The smallest absolute Gasteiger partial charge is 0.426 e. The Morgan fingerprint density at radius 2 is 0.871 bits per heavy atom. The summed E-state index contributed by atoms with van der Waals surface area (Å²) in [6, 6.07) is 11.9. The van der Waals surface area contributed by atoms with E-state index in [2.05, 4.69) is 21.7 Å². The number of halogens is 6. The first-order chi connectivity index (χ1) is 29.6. The molecule has 2 aromatic carbocycles. The van der Waals surface area contributed by atoms with Crippen LogP contribution >= 0.6 is 0 Å². The second kappa shape index (κ2) is 24.3. The first-order valence-corrected chi connectivity index (χ1v) is 21.2. The van der Waals surface area contributed by atoms with Gasteiger partial charge < -0.3 is 28.8 Å². The Bertz CT molecular complexity index is 1570. The summed E-state index contributed by atoms with van der Waals surface area (Å²) in [4.78, 5) is 38.0. The maximum atomic E-state index is 13.3. The zero-order valence-corrected chi connectivity index (χ0v) is 35.2. The molecule has 0 saturated carbocycles. The Hall–Kier alpha value is -3.85. The second-order valence-corrected chi connectivity index (χ2v) is 15.8. The molecule has 0 atom stereocenters. The molecule has 0 bridgehead atoms. The van der Waals surface area contributed by atoms with Crippen molar-refractivity contribution in [3.8, 4) is 0 Å². The Labute approximate surface area is 358 Å². The number of carbonyl (C=O) groups is 3. The normalized spacial score (nSPS) is 15.5. The highest BCUT2D eigenvalue weighted by molar-refractivity contribution is 5.70. The minimum absolute atomic E-state index is 0.0625. The van der Waals surface area contributed by atoms with Crippen LogP contribution in [0.4, 0.5) is 26.3 Å². The first kappa shape index (κ1) is 50.8. The van der Waals surface area contributed by atoms with Gasteiger partial charge in [-0.1, -0.05) is 81.1 Å². The Morgan fingerprint density at radius 1 is 0.532 bits per heavy atom. The van der Waals surface area contributed by atoms with Crippen LogP contribution in [0, 0.1) is 5.41 Å². The Kier molecular flexibility index (Phi) is 19.9. The summed E-state index contributed by atoms with van der Waals surface area (Å²) in [5, 5.41) is 8.97. The van der Waals surface area contributed by atoms with Crippen LogP contribution in [-0.2, 0) is 62.6 Å². The molecule has 4 rings (SSSR count). The second-order valence-electron chi connectivity index (χ2n) is 15.8. The molecule has 0 aliphatic carbocycles. The summed E-state index contributed by atoms with van der Waals surface area (Å²) in [5.41, 5.74) is 4.88. The van der Waals surface area contributed by atoms with Gasteiger partial charge in [-0.3, -0.25) is 14.4 Å². The lowest BCUT2D eigenvalue weighted by molar-refractivity contribution is -0.166. The Balaban J connectivity index is 1.12. The van der Waals surface area contributed by atoms with Crippen LogP contribution in [0.1, 0.15) is 119 Å². The van der Waals surface area contributed by atoms with Crippen LogP contribution in [0.5, 0.6) is 0 Å². The topological polar surface area (TPSA) is 205 Å². The highest BCUT2D eigenvalue weighted by Gasteiger charge is 2.66. The fourth-order valence-corrected chi connectivity index (χ4v) is 6.49. The molecule has 2 aliphatic heterocycles. The summed E-state index contributed by atoms with van der Waals surface area (Å²) in [7, 11) is 0. The molecule has 2 heterocycles. The molecule has 13 nitrogen and oxygen atoms in total. The molecule has 62 heavy (non-hydrogen) atoms. The standard InChI is InChI=1S/C43H60F6N4O9/c1-2-39(29-60-36(55)13-7-3-4-10-24-54,30-61-37(56)14-8-5-11-25-58-27-32-16-20-34(21-17-32)40(50-51-40)42(44,45)46)31-62-38(57)15-9-6-12-26-59-28-33-18-22-35(23-19-33)41(52-53-41)43(47,48)49/h16-23,50-54H,2-15,24-31H2,1H3. The molecule has 19 heteroatoms. The summed E-state index contributed by atoms with van der Waals surface area (Å²) >= 11 is 0. The number of hydrogen-bond donors (Lipinski definition) is 5. The number of aliphatic hydroxyl groups excluding tert-OH is 1. The Morgan fingerprint density at radius 3 is 1.18 bits per heavy atom. The van der Waals surface area contributed by atoms with E-state index in [9.17, 15) is 40.7 Å². The highest BCUT2D eigenvalue weighted by Crippen LogP contribution is 2.43. The highest BCUT2D eigenvalue weighted by atomic mass is 19.4. The third-order valence-corrected chi connectivity index (χ3v) is 10.9. The molecule has 2 fully saturated rings. The van der Waals surface area contributed by atoms with Gasteiger partial charge in [0.1, 0.15) is 19.8 Å². The third-order valence-electron chi connectivity index (χ3n) is 10.9.